The van der Waals surface area contributed by atoms with Crippen LogP contribution in [0.15, 0.2) is 47.2 Å². The molecule has 0 saturated carbocycles. The monoisotopic (exact) mass is 355 g/mol. The van der Waals surface area contributed by atoms with Gasteiger partial charge in [0.2, 0.25) is 0 Å². The van der Waals surface area contributed by atoms with E-state index in [1.54, 1.807) is 12.5 Å². The normalized spacial score (nSPS) is 15.7. The van der Waals surface area contributed by atoms with Crippen molar-refractivity contribution in [2.24, 2.45) is 0 Å². The first-order valence-corrected chi connectivity index (χ1v) is 8.60. The zero-order valence-electron chi connectivity index (χ0n) is 13.9. The third-order valence-corrected chi connectivity index (χ3v) is 4.88. The number of carbonyl (C=O) groups is 1. The minimum Gasteiger partial charge on any atom is -0.463 e. The third-order valence-electron chi connectivity index (χ3n) is 4.60. The average Bonchev–Trinajstić information content (AvgIpc) is 3.11. The molecule has 1 aliphatic heterocycles. The van der Waals surface area contributed by atoms with Crippen LogP contribution in [0.5, 0.6) is 0 Å². The Morgan fingerprint density at radius 3 is 2.68 bits per heavy atom. The number of fused-ring (bicyclic) bond motifs is 1. The van der Waals surface area contributed by atoms with E-state index in [0.29, 0.717) is 16.2 Å². The Labute approximate surface area is 150 Å². The molecule has 1 aliphatic rings. The van der Waals surface area contributed by atoms with E-state index in [4.69, 9.17) is 16.0 Å². The number of furan rings is 1. The van der Waals surface area contributed by atoms with Crippen LogP contribution in [0, 0.1) is 0 Å². The molecule has 4 rings (SSSR count). The number of hydrogen-bond acceptors (Lipinski definition) is 4. The Morgan fingerprint density at radius 1 is 1.16 bits per heavy atom. The standard InChI is InChI=1S/C19H18ClN3O2/c1-22-5-7-23(8-6-22)19(24)14-2-3-17(21-12-14)15-10-13-4-9-25-18(13)16(20)11-15/h2-4,9-12H,5-8H2,1H3. The lowest BCUT2D eigenvalue weighted by molar-refractivity contribution is 0.0663. The van der Waals surface area contributed by atoms with Crippen LogP contribution in [0.3, 0.4) is 0 Å². The molecule has 0 spiro atoms. The molecule has 1 fully saturated rings. The number of likely N-dealkylation sites (N-methyl/N-ethyl adjacent to an activating group) is 1. The maximum atomic E-state index is 12.6. The van der Waals surface area contributed by atoms with Gasteiger partial charge in [0.25, 0.3) is 5.91 Å². The summed E-state index contributed by atoms with van der Waals surface area (Å²) in [6.45, 7) is 3.31. The molecule has 1 aromatic carbocycles. The molecule has 128 valence electrons. The highest BCUT2D eigenvalue weighted by molar-refractivity contribution is 6.35. The second-order valence-corrected chi connectivity index (χ2v) is 6.73. The van der Waals surface area contributed by atoms with Gasteiger partial charge >= 0.3 is 0 Å². The van der Waals surface area contributed by atoms with E-state index in [2.05, 4.69) is 16.9 Å². The van der Waals surface area contributed by atoms with Crippen molar-refractivity contribution in [3.05, 3.63) is 53.4 Å². The first-order valence-electron chi connectivity index (χ1n) is 8.23. The average molecular weight is 356 g/mol. The minimum absolute atomic E-state index is 0.0375. The molecule has 6 heteroatoms. The number of carbonyl (C=O) groups excluding carboxylic acids is 1. The van der Waals surface area contributed by atoms with E-state index in [1.807, 2.05) is 35.2 Å². The predicted molar refractivity (Wildman–Crippen MR) is 97.9 cm³/mol. The number of piperazine rings is 1. The molecule has 0 unspecified atom stereocenters. The lowest BCUT2D eigenvalue weighted by atomic mass is 10.1. The van der Waals surface area contributed by atoms with Gasteiger partial charge in [-0.05, 0) is 37.4 Å². The number of benzene rings is 1. The Hall–Kier alpha value is -2.37. The van der Waals surface area contributed by atoms with Gasteiger partial charge in [0.05, 0.1) is 22.5 Å². The summed E-state index contributed by atoms with van der Waals surface area (Å²) in [6, 6.07) is 9.38. The zero-order chi connectivity index (χ0) is 17.4. The maximum absolute atomic E-state index is 12.6. The predicted octanol–water partition coefficient (Wildman–Crippen LogP) is 3.54. The Balaban J connectivity index is 1.57. The van der Waals surface area contributed by atoms with E-state index < -0.39 is 0 Å². The van der Waals surface area contributed by atoms with Gasteiger partial charge in [-0.15, -0.1) is 0 Å². The van der Waals surface area contributed by atoms with Gasteiger partial charge in [-0.3, -0.25) is 9.78 Å². The fourth-order valence-corrected chi connectivity index (χ4v) is 3.34. The van der Waals surface area contributed by atoms with E-state index in [1.165, 1.54) is 0 Å². The van der Waals surface area contributed by atoms with Crippen molar-refractivity contribution in [3.63, 3.8) is 0 Å². The van der Waals surface area contributed by atoms with Crippen molar-refractivity contribution in [3.8, 4) is 11.3 Å². The van der Waals surface area contributed by atoms with Crippen LogP contribution in [-0.4, -0.2) is 53.9 Å². The third kappa shape index (κ3) is 3.13. The molecular weight excluding hydrogens is 338 g/mol. The second kappa shape index (κ2) is 6.50. The molecule has 0 bridgehead atoms. The number of amides is 1. The SMILES string of the molecule is CN1CCN(C(=O)c2ccc(-c3cc(Cl)c4occc4c3)nc2)CC1. The molecule has 3 heterocycles. The molecule has 1 saturated heterocycles. The van der Waals surface area contributed by atoms with Crippen molar-refractivity contribution >= 4 is 28.5 Å². The quantitative estimate of drug-likeness (QED) is 0.705. The lowest BCUT2D eigenvalue weighted by Gasteiger charge is -2.32. The second-order valence-electron chi connectivity index (χ2n) is 6.32. The minimum atomic E-state index is 0.0375. The molecular formula is C19H18ClN3O2. The largest absolute Gasteiger partial charge is 0.463 e. The van der Waals surface area contributed by atoms with Gasteiger partial charge in [-0.25, -0.2) is 0 Å². The molecule has 5 nitrogen and oxygen atoms in total. The van der Waals surface area contributed by atoms with E-state index in [9.17, 15) is 4.79 Å². The number of hydrogen-bond donors (Lipinski definition) is 0. The highest BCUT2D eigenvalue weighted by Gasteiger charge is 2.20. The molecule has 3 aromatic rings. The summed E-state index contributed by atoms with van der Waals surface area (Å²) < 4.78 is 5.36. The van der Waals surface area contributed by atoms with Crippen LogP contribution in [0.4, 0.5) is 0 Å². The van der Waals surface area contributed by atoms with Crippen molar-refractivity contribution in [2.75, 3.05) is 33.2 Å². The van der Waals surface area contributed by atoms with E-state index in [0.717, 1.165) is 42.8 Å². The summed E-state index contributed by atoms with van der Waals surface area (Å²) in [6.07, 6.45) is 3.26. The number of aromatic nitrogens is 1. The van der Waals surface area contributed by atoms with Gasteiger partial charge in [0.1, 0.15) is 0 Å². The summed E-state index contributed by atoms with van der Waals surface area (Å²) in [5.74, 6) is 0.0375. The van der Waals surface area contributed by atoms with Gasteiger partial charge in [-0.2, -0.15) is 0 Å². The Bertz CT molecular complexity index is 912. The first kappa shape index (κ1) is 16.1. The topological polar surface area (TPSA) is 49.6 Å². The smallest absolute Gasteiger partial charge is 0.255 e. The van der Waals surface area contributed by atoms with Crippen LogP contribution < -0.4 is 0 Å². The summed E-state index contributed by atoms with van der Waals surface area (Å²) in [5.41, 5.74) is 2.97. The molecule has 0 aliphatic carbocycles. The van der Waals surface area contributed by atoms with Gasteiger partial charge in [-0.1, -0.05) is 11.6 Å². The lowest BCUT2D eigenvalue weighted by Crippen LogP contribution is -2.47. The maximum Gasteiger partial charge on any atom is 0.255 e. The molecule has 1 amide bonds. The fraction of sp³-hybridized carbons (Fsp3) is 0.263. The van der Waals surface area contributed by atoms with Crippen molar-refractivity contribution < 1.29 is 9.21 Å². The van der Waals surface area contributed by atoms with Gasteiger partial charge in [0, 0.05) is 43.3 Å². The number of rotatable bonds is 2. The van der Waals surface area contributed by atoms with Crippen molar-refractivity contribution in [2.45, 2.75) is 0 Å². The van der Waals surface area contributed by atoms with Crippen LogP contribution >= 0.6 is 11.6 Å². The summed E-state index contributed by atoms with van der Waals surface area (Å²) in [7, 11) is 2.07. The van der Waals surface area contributed by atoms with E-state index >= 15 is 0 Å². The number of halogens is 1. The summed E-state index contributed by atoms with van der Waals surface area (Å²) in [4.78, 5) is 21.2. The fourth-order valence-electron chi connectivity index (χ4n) is 3.07. The van der Waals surface area contributed by atoms with Crippen LogP contribution in [0.25, 0.3) is 22.2 Å². The molecule has 2 aromatic heterocycles. The van der Waals surface area contributed by atoms with Crippen LogP contribution in [0.1, 0.15) is 10.4 Å². The summed E-state index contributed by atoms with van der Waals surface area (Å²) in [5, 5.41) is 1.48. The number of pyridine rings is 1. The summed E-state index contributed by atoms with van der Waals surface area (Å²) >= 11 is 6.26. The van der Waals surface area contributed by atoms with Crippen molar-refractivity contribution in [1.82, 2.24) is 14.8 Å². The van der Waals surface area contributed by atoms with Gasteiger partial charge in [0.15, 0.2) is 5.58 Å². The van der Waals surface area contributed by atoms with Crippen LogP contribution in [-0.2, 0) is 0 Å². The van der Waals surface area contributed by atoms with E-state index in [-0.39, 0.29) is 5.91 Å². The van der Waals surface area contributed by atoms with Crippen molar-refractivity contribution in [1.29, 1.82) is 0 Å². The Kier molecular flexibility index (Phi) is 4.19. The number of nitrogens with zero attached hydrogens (tertiary/aromatic N) is 3. The van der Waals surface area contributed by atoms with Crippen LogP contribution in [0.2, 0.25) is 5.02 Å². The highest BCUT2D eigenvalue weighted by atomic mass is 35.5. The highest BCUT2D eigenvalue weighted by Crippen LogP contribution is 2.30. The molecule has 0 atom stereocenters. The molecule has 0 radical (unpaired) electrons. The van der Waals surface area contributed by atoms with Gasteiger partial charge < -0.3 is 14.2 Å². The molecule has 0 N–H and O–H groups in total. The first-order chi connectivity index (χ1) is 12.1. The Morgan fingerprint density at radius 2 is 1.96 bits per heavy atom. The molecule has 25 heavy (non-hydrogen) atoms. The zero-order valence-corrected chi connectivity index (χ0v) is 14.7.